The van der Waals surface area contributed by atoms with Crippen molar-refractivity contribution in [3.63, 3.8) is 0 Å². The van der Waals surface area contributed by atoms with E-state index < -0.39 is 83.9 Å². The zero-order chi connectivity index (χ0) is 52.4. The number of amides is 1. The summed E-state index contributed by atoms with van der Waals surface area (Å²) in [6, 6.07) is -1.17. The number of nitrogens with zero attached hydrogens (tertiary/aromatic N) is 1. The number of aliphatic hydroxyl groups excluding tert-OH is 3. The van der Waals surface area contributed by atoms with Crippen molar-refractivity contribution < 1.29 is 72.8 Å². The summed E-state index contributed by atoms with van der Waals surface area (Å²) in [4.78, 5) is 72.4. The maximum absolute atomic E-state index is 14.5. The molecule has 4 rings (SSSR count). The normalized spacial score (nSPS) is 38.0. The van der Waals surface area contributed by atoms with Crippen LogP contribution in [0.3, 0.4) is 0 Å². The van der Waals surface area contributed by atoms with Crippen molar-refractivity contribution in [2.75, 3.05) is 47.2 Å². The van der Waals surface area contributed by atoms with Crippen molar-refractivity contribution in [3.05, 3.63) is 47.6 Å². The molecule has 3 aliphatic heterocycles. The van der Waals surface area contributed by atoms with Gasteiger partial charge < -0.3 is 53.7 Å². The third-order valence-corrected chi connectivity index (χ3v) is 15.2. The van der Waals surface area contributed by atoms with E-state index in [1.54, 1.807) is 40.9 Å². The van der Waals surface area contributed by atoms with Gasteiger partial charge in [0.15, 0.2) is 5.78 Å². The van der Waals surface area contributed by atoms with Gasteiger partial charge in [-0.2, -0.15) is 0 Å². The van der Waals surface area contributed by atoms with Crippen molar-refractivity contribution in [2.45, 2.75) is 186 Å². The monoisotopic (exact) mass is 1000 g/mol. The molecule has 1 aliphatic carbocycles. The number of hydrogen-bond acceptors (Lipinski definition) is 15. The summed E-state index contributed by atoms with van der Waals surface area (Å²) in [5.41, 5.74) is 1.21. The number of rotatable bonds is 12. The number of allylic oxidation sites excluding steroid dienone is 6. The van der Waals surface area contributed by atoms with E-state index in [0.29, 0.717) is 76.4 Å². The van der Waals surface area contributed by atoms with Crippen LogP contribution in [0.1, 0.15) is 132 Å². The van der Waals surface area contributed by atoms with Gasteiger partial charge in [-0.1, -0.05) is 71.1 Å². The summed E-state index contributed by atoms with van der Waals surface area (Å²) in [5.74, 6) is -8.26. The van der Waals surface area contributed by atoms with Gasteiger partial charge in [-0.3, -0.25) is 19.2 Å². The molecule has 0 radical (unpaired) electrons. The molecule has 16 nitrogen and oxygen atoms in total. The Kier molecular flexibility index (Phi) is 24.9. The Balaban J connectivity index is 1.71. The zero-order valence-electron chi connectivity index (χ0n) is 44.0. The van der Waals surface area contributed by atoms with Crippen LogP contribution in [0.5, 0.6) is 0 Å². The molecule has 0 aromatic heterocycles. The van der Waals surface area contributed by atoms with E-state index >= 15 is 0 Å². The Labute approximate surface area is 422 Å². The third-order valence-electron chi connectivity index (χ3n) is 15.2. The molecule has 2 saturated heterocycles. The van der Waals surface area contributed by atoms with Crippen LogP contribution in [0, 0.1) is 35.5 Å². The molecule has 0 spiro atoms. The predicted octanol–water partition coefficient (Wildman–Crippen LogP) is 5.95. The number of carbonyl (C=O) groups excluding carboxylic acids is 5. The Morgan fingerprint density at radius 1 is 0.859 bits per heavy atom. The maximum Gasteiger partial charge on any atom is 0.329 e. The molecule has 0 aromatic rings. The average Bonchev–Trinajstić information content (AvgIpc) is 3.34. The van der Waals surface area contributed by atoms with E-state index in [0.717, 1.165) is 5.57 Å². The molecule has 0 unspecified atom stereocenters. The Morgan fingerprint density at radius 2 is 1.61 bits per heavy atom. The summed E-state index contributed by atoms with van der Waals surface area (Å²) in [6.07, 6.45) is 11.0. The lowest BCUT2D eigenvalue weighted by Crippen LogP contribution is -2.61. The summed E-state index contributed by atoms with van der Waals surface area (Å²) in [7, 11) is 2.93. The Bertz CT molecular complexity index is 1860. The van der Waals surface area contributed by atoms with Crippen LogP contribution in [0.2, 0.25) is 0 Å². The molecule has 4 aliphatic rings. The lowest BCUT2D eigenvalue weighted by Gasteiger charge is -2.43. The second kappa shape index (κ2) is 29.4. The standard InChI is InChI=1S/C55H87NO15/c1-34-16-11-10-12-17-35(2)46(69-27-26-68-25-15-24-57)32-42-21-19-40(7)55(65,71-42)52(62)53(63)56-23-14-13-18-43(56)54(64)70-47(37(4)30-41-20-22-44(58)48(31-41)66-8)33-45(59)36(3)29-39(6)50(61)51(67-9)49(60)38(5)28-34/h10-12,16-17,29,34,36-38,40-44,46-48,50-51,57-58,61,65H,13-15,18-28,30-33H2,1-9H3/b12-10+,16-11+,35-17+,39-29+/t34-,36-,37-,38-,40-,41+,42+,43+,44-,46+,47+,48-,50-,51+,55-/m1/s1. The second-order valence-electron chi connectivity index (χ2n) is 20.9. The van der Waals surface area contributed by atoms with Crippen LogP contribution in [0.4, 0.5) is 0 Å². The third kappa shape index (κ3) is 17.3. The molecule has 2 bridgehead atoms. The fourth-order valence-corrected chi connectivity index (χ4v) is 10.6. The molecule has 3 heterocycles. The van der Waals surface area contributed by atoms with Crippen LogP contribution < -0.4 is 0 Å². The number of aliphatic hydroxyl groups is 4. The highest BCUT2D eigenvalue weighted by molar-refractivity contribution is 6.39. The van der Waals surface area contributed by atoms with Crippen LogP contribution in [-0.4, -0.2) is 156 Å². The first-order chi connectivity index (χ1) is 33.7. The minimum atomic E-state index is -2.48. The number of methoxy groups -OCH3 is 2. The highest BCUT2D eigenvalue weighted by Gasteiger charge is 2.53. The Morgan fingerprint density at radius 3 is 2.31 bits per heavy atom. The molecular formula is C55H87NO15. The molecule has 402 valence electrons. The maximum atomic E-state index is 14.5. The fourth-order valence-electron chi connectivity index (χ4n) is 10.6. The predicted molar refractivity (Wildman–Crippen MR) is 267 cm³/mol. The first-order valence-electron chi connectivity index (χ1n) is 26.2. The van der Waals surface area contributed by atoms with Gasteiger partial charge in [0.25, 0.3) is 11.7 Å². The number of Topliss-reactive ketones (excluding diaryl/α,β-unsaturated/α-hetero) is 3. The minimum Gasteiger partial charge on any atom is -0.460 e. The summed E-state index contributed by atoms with van der Waals surface area (Å²) in [5, 5.41) is 43.3. The van der Waals surface area contributed by atoms with Gasteiger partial charge in [-0.05, 0) is 113 Å². The van der Waals surface area contributed by atoms with Gasteiger partial charge in [-0.25, -0.2) is 4.79 Å². The van der Waals surface area contributed by atoms with Gasteiger partial charge >= 0.3 is 5.97 Å². The molecule has 16 heteroatoms. The van der Waals surface area contributed by atoms with E-state index in [2.05, 4.69) is 0 Å². The lowest BCUT2D eigenvalue weighted by atomic mass is 9.78. The smallest absolute Gasteiger partial charge is 0.329 e. The van der Waals surface area contributed by atoms with Crippen molar-refractivity contribution in [3.8, 4) is 0 Å². The number of hydrogen-bond donors (Lipinski definition) is 4. The van der Waals surface area contributed by atoms with Crippen LogP contribution in [0.15, 0.2) is 47.6 Å². The van der Waals surface area contributed by atoms with E-state index in [1.807, 2.05) is 51.2 Å². The first-order valence-corrected chi connectivity index (χ1v) is 26.2. The van der Waals surface area contributed by atoms with Crippen molar-refractivity contribution in [2.24, 2.45) is 35.5 Å². The Hall–Kier alpha value is -3.45. The second-order valence-corrected chi connectivity index (χ2v) is 20.9. The number of ether oxygens (including phenoxy) is 6. The highest BCUT2D eigenvalue weighted by Crippen LogP contribution is 2.38. The number of cyclic esters (lactones) is 1. The van der Waals surface area contributed by atoms with Gasteiger partial charge in [0, 0.05) is 64.6 Å². The zero-order valence-corrected chi connectivity index (χ0v) is 44.0. The van der Waals surface area contributed by atoms with Gasteiger partial charge in [0.2, 0.25) is 5.79 Å². The number of esters is 1. The van der Waals surface area contributed by atoms with Crippen LogP contribution in [-0.2, 0) is 52.4 Å². The number of fused-ring (bicyclic) bond motifs is 3. The van der Waals surface area contributed by atoms with Crippen molar-refractivity contribution in [1.29, 1.82) is 0 Å². The van der Waals surface area contributed by atoms with Gasteiger partial charge in [0.05, 0.1) is 37.6 Å². The largest absolute Gasteiger partial charge is 0.460 e. The molecule has 1 amide bonds. The molecule has 15 atom stereocenters. The first kappa shape index (κ1) is 60.1. The van der Waals surface area contributed by atoms with Gasteiger partial charge in [-0.15, -0.1) is 0 Å². The number of piperidine rings is 1. The fraction of sp³-hybridized carbons (Fsp3) is 0.764. The summed E-state index contributed by atoms with van der Waals surface area (Å²) in [6.45, 7) is 13.5. The van der Waals surface area contributed by atoms with Crippen molar-refractivity contribution >= 4 is 29.2 Å². The number of carbonyl (C=O) groups is 5. The number of ketones is 3. The summed E-state index contributed by atoms with van der Waals surface area (Å²) >= 11 is 0. The molecule has 4 N–H and O–H groups in total. The molecule has 1 saturated carbocycles. The van der Waals surface area contributed by atoms with Crippen LogP contribution >= 0.6 is 0 Å². The van der Waals surface area contributed by atoms with E-state index in [9.17, 15) is 39.3 Å². The highest BCUT2D eigenvalue weighted by atomic mass is 16.6. The lowest BCUT2D eigenvalue weighted by molar-refractivity contribution is -0.266. The molecule has 0 aromatic carbocycles. The molecular weight excluding hydrogens is 915 g/mol. The SMILES string of the molecule is CO[C@@H]1C[C@H](C[C@@H](C)[C@@H]2CC(=O)[C@H](C)/C=C(\C)[C@@H](O)[C@@H](OC)C(=O)[C@H](C)C[C@H](C)/C=C/C=C/C=C(\C)[C@@H](OCCOCCCO)C[C@@H]3CC[C@@H](C)[C@@](O)(O3)C(=O)C(=O)N3CCCC[C@H]3C(=O)O2)CC[C@H]1O. The minimum absolute atomic E-state index is 0.00753. The van der Waals surface area contributed by atoms with Gasteiger partial charge in [0.1, 0.15) is 30.1 Å². The topological polar surface area (TPSA) is 225 Å². The summed E-state index contributed by atoms with van der Waals surface area (Å²) < 4.78 is 35.6. The van der Waals surface area contributed by atoms with Crippen molar-refractivity contribution in [1.82, 2.24) is 4.90 Å². The quantitative estimate of drug-likeness (QED) is 0.0768. The van der Waals surface area contributed by atoms with E-state index in [-0.39, 0.29) is 81.1 Å². The average molecular weight is 1000 g/mol. The molecule has 3 fully saturated rings. The van der Waals surface area contributed by atoms with E-state index in [4.69, 9.17) is 33.5 Å². The van der Waals surface area contributed by atoms with E-state index in [1.165, 1.54) is 12.0 Å². The van der Waals surface area contributed by atoms with Crippen LogP contribution in [0.25, 0.3) is 0 Å². The molecule has 71 heavy (non-hydrogen) atoms.